The fourth-order valence-corrected chi connectivity index (χ4v) is 3.43. The van der Waals surface area contributed by atoms with Gasteiger partial charge in [-0.05, 0) is 58.1 Å². The zero-order valence-corrected chi connectivity index (χ0v) is 18.0. The minimum atomic E-state index is -0.602. The van der Waals surface area contributed by atoms with E-state index >= 15 is 0 Å². The molecule has 1 heterocycles. The third-order valence-corrected chi connectivity index (χ3v) is 4.99. The van der Waals surface area contributed by atoms with Gasteiger partial charge in [-0.15, -0.1) is 0 Å². The number of ether oxygens (including phenoxy) is 2. The van der Waals surface area contributed by atoms with Gasteiger partial charge < -0.3 is 15.2 Å². The van der Waals surface area contributed by atoms with Gasteiger partial charge in [-0.25, -0.2) is 15.6 Å². The third kappa shape index (κ3) is 6.81. The Hall–Kier alpha value is -2.48. The number of carbonyl (C=O) groups is 1. The van der Waals surface area contributed by atoms with Gasteiger partial charge in [-0.2, -0.15) is 0 Å². The molecule has 1 aliphatic rings. The van der Waals surface area contributed by atoms with Gasteiger partial charge in [0, 0.05) is 7.05 Å². The number of hydrogen-bond acceptors (Lipinski definition) is 7. The van der Waals surface area contributed by atoms with Crippen molar-refractivity contribution in [1.29, 1.82) is 0 Å². The Balaban J connectivity index is 2.14. The molecule has 1 fully saturated rings. The van der Waals surface area contributed by atoms with Crippen LogP contribution in [0.25, 0.3) is 5.70 Å². The highest BCUT2D eigenvalue weighted by atomic mass is 16.6. The van der Waals surface area contributed by atoms with Crippen LogP contribution in [0.3, 0.4) is 0 Å². The first-order valence-electron chi connectivity index (χ1n) is 10.4. The second-order valence-electron chi connectivity index (χ2n) is 7.66. The molecule has 1 unspecified atom stereocenters. The van der Waals surface area contributed by atoms with Crippen LogP contribution >= 0.6 is 0 Å². The predicted octanol–water partition coefficient (Wildman–Crippen LogP) is 3.41. The second kappa shape index (κ2) is 10.9. The molecule has 0 spiro atoms. The smallest absolute Gasteiger partial charge is 0.413 e. The number of carbonyl (C=O) groups excluding carboxylic acids is 1. The van der Waals surface area contributed by atoms with Crippen molar-refractivity contribution < 1.29 is 14.3 Å². The summed E-state index contributed by atoms with van der Waals surface area (Å²) in [6.07, 6.45) is 7.00. The Morgan fingerprint density at radius 2 is 2.03 bits per heavy atom. The lowest BCUT2D eigenvalue weighted by Gasteiger charge is -2.24. The molecule has 162 valence electrons. The highest BCUT2D eigenvalue weighted by molar-refractivity contribution is 5.74. The van der Waals surface area contributed by atoms with Gasteiger partial charge in [0.15, 0.2) is 5.82 Å². The fourth-order valence-electron chi connectivity index (χ4n) is 3.43. The summed E-state index contributed by atoms with van der Waals surface area (Å²) >= 11 is 0. The maximum atomic E-state index is 12.2. The molecule has 0 bridgehead atoms. The number of pyridine rings is 1. The molecule has 1 atom stereocenters. The van der Waals surface area contributed by atoms with E-state index in [4.69, 9.17) is 21.1 Å². The van der Waals surface area contributed by atoms with E-state index in [0.29, 0.717) is 5.69 Å². The largest absolute Gasteiger partial charge is 0.489 e. The molecule has 1 saturated carbocycles. The van der Waals surface area contributed by atoms with Crippen LogP contribution in [-0.2, 0) is 4.74 Å². The van der Waals surface area contributed by atoms with Gasteiger partial charge in [0.25, 0.3) is 0 Å². The van der Waals surface area contributed by atoms with Crippen molar-refractivity contribution in [1.82, 2.24) is 15.3 Å². The lowest BCUT2D eigenvalue weighted by atomic mass is 9.98. The van der Waals surface area contributed by atoms with E-state index < -0.39 is 6.09 Å². The molecule has 0 saturated heterocycles. The average Bonchev–Trinajstić information content (AvgIpc) is 2.68. The summed E-state index contributed by atoms with van der Waals surface area (Å²) in [4.78, 5) is 16.7. The van der Waals surface area contributed by atoms with E-state index in [1.54, 1.807) is 13.1 Å². The second-order valence-corrected chi connectivity index (χ2v) is 7.66. The van der Waals surface area contributed by atoms with E-state index in [2.05, 4.69) is 10.3 Å². The number of hydrazine groups is 1. The van der Waals surface area contributed by atoms with Crippen LogP contribution in [0.15, 0.2) is 18.0 Å². The van der Waals surface area contributed by atoms with Crippen molar-refractivity contribution in [2.24, 2.45) is 11.6 Å². The quantitative estimate of drug-likeness (QED) is 0.448. The molecule has 0 radical (unpaired) electrons. The van der Waals surface area contributed by atoms with Crippen molar-refractivity contribution in [2.45, 2.75) is 77.9 Å². The molecule has 1 aliphatic carbocycles. The van der Waals surface area contributed by atoms with Crippen LogP contribution < -0.4 is 21.6 Å². The van der Waals surface area contributed by atoms with Crippen LogP contribution in [-0.4, -0.2) is 35.3 Å². The zero-order chi connectivity index (χ0) is 21.4. The number of aryl methyl sites for hydroxylation is 1. The number of hydrogen-bond donors (Lipinski definition) is 3. The number of nitrogens with zero attached hydrogens (tertiary/aromatic N) is 2. The minimum Gasteiger partial charge on any atom is -0.489 e. The Morgan fingerprint density at radius 1 is 1.34 bits per heavy atom. The molecule has 0 aliphatic heterocycles. The van der Waals surface area contributed by atoms with Gasteiger partial charge >= 0.3 is 6.09 Å². The molecule has 29 heavy (non-hydrogen) atoms. The van der Waals surface area contributed by atoms with E-state index in [9.17, 15) is 4.79 Å². The third-order valence-electron chi connectivity index (χ3n) is 4.99. The SMILES string of the molecule is CCCC(C)OC(=O)N/C(=C(/N)c1ccc(OC2CCCCC2)c(C)n1)N(C)N. The number of nitrogens with one attached hydrogen (secondary N) is 1. The van der Waals surface area contributed by atoms with E-state index in [0.717, 1.165) is 37.1 Å². The standard InChI is InChI=1S/C21H35N5O3/c1-5-9-14(2)28-21(27)25-20(26(4)23)19(22)17-12-13-18(15(3)24-17)29-16-10-7-6-8-11-16/h12-14,16H,5-11,22-23H2,1-4H3,(H,25,27)/b20-19-. The average molecular weight is 406 g/mol. The predicted molar refractivity (Wildman–Crippen MR) is 114 cm³/mol. The number of amides is 1. The van der Waals surface area contributed by atoms with Crippen molar-refractivity contribution in [3.05, 3.63) is 29.3 Å². The molecule has 5 N–H and O–H groups in total. The lowest BCUT2D eigenvalue weighted by molar-refractivity contribution is 0.102. The van der Waals surface area contributed by atoms with E-state index in [1.165, 1.54) is 24.3 Å². The molecule has 8 heteroatoms. The monoisotopic (exact) mass is 405 g/mol. The first kappa shape index (κ1) is 22.8. The van der Waals surface area contributed by atoms with Crippen LogP contribution in [0, 0.1) is 6.92 Å². The Morgan fingerprint density at radius 3 is 2.62 bits per heavy atom. The Kier molecular flexibility index (Phi) is 8.57. The van der Waals surface area contributed by atoms with E-state index in [1.807, 2.05) is 26.8 Å². The van der Waals surface area contributed by atoms with Gasteiger partial charge in [0.05, 0.1) is 17.5 Å². The summed E-state index contributed by atoms with van der Waals surface area (Å²) in [5.41, 5.74) is 7.77. The van der Waals surface area contributed by atoms with Gasteiger partial charge in [-0.3, -0.25) is 10.3 Å². The number of rotatable bonds is 8. The number of nitrogens with two attached hydrogens (primary N) is 2. The number of alkyl carbamates (subject to hydrolysis) is 1. The molecule has 0 aromatic carbocycles. The highest BCUT2D eigenvalue weighted by Gasteiger charge is 2.19. The molecular weight excluding hydrogens is 370 g/mol. The first-order valence-corrected chi connectivity index (χ1v) is 10.4. The summed E-state index contributed by atoms with van der Waals surface area (Å²) in [6, 6.07) is 3.64. The first-order chi connectivity index (χ1) is 13.8. The Bertz CT molecular complexity index is 714. The van der Waals surface area contributed by atoms with Gasteiger partial charge in [-0.1, -0.05) is 19.8 Å². The summed E-state index contributed by atoms with van der Waals surface area (Å²) in [5, 5.41) is 3.87. The summed E-state index contributed by atoms with van der Waals surface area (Å²) in [6.45, 7) is 5.76. The van der Waals surface area contributed by atoms with Gasteiger partial charge in [0.1, 0.15) is 17.6 Å². The maximum absolute atomic E-state index is 12.2. The lowest BCUT2D eigenvalue weighted by Crippen LogP contribution is -2.40. The highest BCUT2D eigenvalue weighted by Crippen LogP contribution is 2.26. The molecular formula is C21H35N5O3. The summed E-state index contributed by atoms with van der Waals surface area (Å²) in [5.74, 6) is 6.87. The van der Waals surface area contributed by atoms with Crippen molar-refractivity contribution >= 4 is 11.8 Å². The van der Waals surface area contributed by atoms with Crippen LogP contribution in [0.2, 0.25) is 0 Å². The van der Waals surface area contributed by atoms with Crippen LogP contribution in [0.5, 0.6) is 5.75 Å². The molecule has 8 nitrogen and oxygen atoms in total. The molecule has 1 aromatic heterocycles. The van der Waals surface area contributed by atoms with Crippen molar-refractivity contribution in [3.8, 4) is 5.75 Å². The molecule has 1 amide bonds. The number of aromatic nitrogens is 1. The zero-order valence-electron chi connectivity index (χ0n) is 18.0. The topological polar surface area (TPSA) is 116 Å². The molecule has 2 rings (SSSR count). The van der Waals surface area contributed by atoms with Crippen LogP contribution in [0.4, 0.5) is 4.79 Å². The fraction of sp³-hybridized carbons (Fsp3) is 0.619. The van der Waals surface area contributed by atoms with Crippen LogP contribution in [0.1, 0.15) is 70.2 Å². The van der Waals surface area contributed by atoms with E-state index in [-0.39, 0.29) is 23.7 Å². The normalized spacial score (nSPS) is 16.6. The minimum absolute atomic E-state index is 0.192. The van der Waals surface area contributed by atoms with Crippen molar-refractivity contribution in [3.63, 3.8) is 0 Å². The summed E-state index contributed by atoms with van der Waals surface area (Å²) in [7, 11) is 1.59. The maximum Gasteiger partial charge on any atom is 0.413 e. The summed E-state index contributed by atoms with van der Waals surface area (Å²) < 4.78 is 11.4. The Labute approximate surface area is 173 Å². The van der Waals surface area contributed by atoms with Crippen molar-refractivity contribution in [2.75, 3.05) is 7.05 Å². The van der Waals surface area contributed by atoms with Gasteiger partial charge in [0.2, 0.25) is 0 Å². The molecule has 1 aromatic rings.